The first kappa shape index (κ1) is 54.0. The van der Waals surface area contributed by atoms with E-state index in [1.54, 1.807) is 6.92 Å². The van der Waals surface area contributed by atoms with Gasteiger partial charge in [0.15, 0.2) is 6.10 Å². The van der Waals surface area contributed by atoms with Gasteiger partial charge >= 0.3 is 35.4 Å². The lowest BCUT2D eigenvalue weighted by Crippen LogP contribution is -2.65. The van der Waals surface area contributed by atoms with Crippen LogP contribution in [-0.4, -0.2) is 108 Å². The number of ether oxygens (including phenoxy) is 2. The Labute approximate surface area is 344 Å². The molecule has 0 saturated heterocycles. The van der Waals surface area contributed by atoms with Crippen molar-refractivity contribution in [3.05, 3.63) is 0 Å². The third-order valence-electron chi connectivity index (χ3n) is 8.13. The van der Waals surface area contributed by atoms with Crippen molar-refractivity contribution in [2.24, 2.45) is 0 Å². The van der Waals surface area contributed by atoms with Gasteiger partial charge in [0.25, 0.3) is 0 Å². The van der Waals surface area contributed by atoms with Crippen molar-refractivity contribution < 1.29 is 90.6 Å². The van der Waals surface area contributed by atoms with Crippen LogP contribution in [0.25, 0.3) is 0 Å². The minimum atomic E-state index is -5.62. The van der Waals surface area contributed by atoms with Gasteiger partial charge in [0.1, 0.15) is 43.2 Å². The molecular formula is C37H53O19P3. The topological polar surface area (TPSA) is 303 Å². The number of unbranched alkanes of at least 4 members (excludes halogenated alkanes) is 12. The van der Waals surface area contributed by atoms with Crippen LogP contribution in [0.4, 0.5) is 0 Å². The summed E-state index contributed by atoms with van der Waals surface area (Å²) in [5.41, 5.74) is 0. The lowest BCUT2D eigenvalue weighted by Gasteiger charge is -2.44. The van der Waals surface area contributed by atoms with E-state index in [1.165, 1.54) is 44.9 Å². The second-order valence-electron chi connectivity index (χ2n) is 13.0. The van der Waals surface area contributed by atoms with Crippen molar-refractivity contribution in [2.75, 3.05) is 13.2 Å². The molecule has 1 aliphatic carbocycles. The first-order valence-corrected chi connectivity index (χ1v) is 23.3. The highest BCUT2D eigenvalue weighted by atomic mass is 31.2. The van der Waals surface area contributed by atoms with Gasteiger partial charge in [-0.3, -0.25) is 22.9 Å². The number of phosphoric ester groups is 3. The van der Waals surface area contributed by atoms with Gasteiger partial charge in [0.05, 0.1) is 6.61 Å². The van der Waals surface area contributed by atoms with Gasteiger partial charge in [-0.15, -0.1) is 0 Å². The molecule has 0 spiro atoms. The molecule has 8 atom stereocenters. The Balaban J connectivity index is 2.93. The second-order valence-corrected chi connectivity index (χ2v) is 16.8. The number of aliphatic hydroxyl groups excluding tert-OH is 3. The molecule has 19 nitrogen and oxygen atoms in total. The lowest BCUT2D eigenvalue weighted by atomic mass is 9.85. The summed E-state index contributed by atoms with van der Waals surface area (Å²) in [4.78, 5) is 72.2. The van der Waals surface area contributed by atoms with E-state index in [9.17, 15) is 63.1 Å². The number of phosphoric acid groups is 3. The summed E-state index contributed by atoms with van der Waals surface area (Å²) < 4.78 is 64.4. The molecule has 1 saturated carbocycles. The van der Waals surface area contributed by atoms with Crippen LogP contribution in [0.3, 0.4) is 0 Å². The summed E-state index contributed by atoms with van der Waals surface area (Å²) in [6.45, 7) is 1.99. The minimum Gasteiger partial charge on any atom is -0.456 e. The molecule has 1 rings (SSSR count). The van der Waals surface area contributed by atoms with E-state index in [0.717, 1.165) is 25.7 Å². The maximum Gasteiger partial charge on any atom is 0.472 e. The normalized spacial score (nSPS) is 21.5. The highest BCUT2D eigenvalue weighted by Crippen LogP contribution is 2.51. The molecule has 0 aromatic carbocycles. The van der Waals surface area contributed by atoms with Crippen molar-refractivity contribution in [2.45, 2.75) is 146 Å². The average molecular weight is 895 g/mol. The van der Waals surface area contributed by atoms with Crippen LogP contribution in [0.2, 0.25) is 0 Å². The Bertz CT molecular complexity index is 1790. The molecule has 8 N–H and O–H groups in total. The summed E-state index contributed by atoms with van der Waals surface area (Å²) in [5.74, 6) is 21.5. The zero-order chi connectivity index (χ0) is 44.3. The quantitative estimate of drug-likeness (QED) is 0.0203. The van der Waals surface area contributed by atoms with Gasteiger partial charge in [-0.25, -0.2) is 18.5 Å². The third-order valence-corrected chi connectivity index (χ3v) is 10.1. The molecule has 0 amide bonds. The lowest BCUT2D eigenvalue weighted by molar-refractivity contribution is -0.213. The first-order valence-electron chi connectivity index (χ1n) is 18.8. The van der Waals surface area contributed by atoms with Crippen LogP contribution in [0.15, 0.2) is 0 Å². The van der Waals surface area contributed by atoms with Crippen molar-refractivity contribution in [1.29, 1.82) is 0 Å². The van der Waals surface area contributed by atoms with Gasteiger partial charge in [-0.2, -0.15) is 0 Å². The highest BCUT2D eigenvalue weighted by molar-refractivity contribution is 7.47. The summed E-state index contributed by atoms with van der Waals surface area (Å²) in [7, 11) is -16.7. The number of hydrogen-bond acceptors (Lipinski definition) is 14. The van der Waals surface area contributed by atoms with E-state index in [2.05, 4.69) is 69.3 Å². The van der Waals surface area contributed by atoms with E-state index in [4.69, 9.17) is 18.5 Å². The maximum atomic E-state index is 13.0. The van der Waals surface area contributed by atoms with E-state index in [0.29, 0.717) is 12.8 Å². The van der Waals surface area contributed by atoms with E-state index < -0.39 is 91.3 Å². The van der Waals surface area contributed by atoms with Gasteiger partial charge in [0.2, 0.25) is 0 Å². The van der Waals surface area contributed by atoms with Crippen LogP contribution in [0.1, 0.15) is 104 Å². The average Bonchev–Trinajstić information content (AvgIpc) is 3.15. The van der Waals surface area contributed by atoms with Crippen molar-refractivity contribution >= 4 is 35.4 Å². The fraction of sp³-hybridized carbons (Fsp3) is 0.676. The molecule has 330 valence electrons. The maximum absolute atomic E-state index is 13.0. The highest BCUT2D eigenvalue weighted by Gasteiger charge is 2.56. The van der Waals surface area contributed by atoms with E-state index >= 15 is 0 Å². The molecule has 4 unspecified atom stereocenters. The molecule has 22 heteroatoms. The van der Waals surface area contributed by atoms with Crippen LogP contribution in [0, 0.1) is 59.2 Å². The van der Waals surface area contributed by atoms with E-state index in [-0.39, 0.29) is 6.42 Å². The Morgan fingerprint density at radius 2 is 1.02 bits per heavy atom. The summed E-state index contributed by atoms with van der Waals surface area (Å²) >= 11 is 0. The number of carbonyl (C=O) groups is 2. The fourth-order valence-electron chi connectivity index (χ4n) is 5.40. The number of aliphatic hydroxyl groups is 3. The molecule has 0 heterocycles. The largest absolute Gasteiger partial charge is 0.472 e. The van der Waals surface area contributed by atoms with Crippen LogP contribution in [0.5, 0.6) is 0 Å². The zero-order valence-corrected chi connectivity index (χ0v) is 35.4. The summed E-state index contributed by atoms with van der Waals surface area (Å²) in [6, 6.07) is 0. The fourth-order valence-corrected chi connectivity index (χ4v) is 7.50. The van der Waals surface area contributed by atoms with Gasteiger partial charge in [-0.05, 0) is 60.7 Å². The number of rotatable bonds is 26. The Hall–Kier alpha value is -3.05. The van der Waals surface area contributed by atoms with Crippen LogP contribution >= 0.6 is 23.5 Å². The molecule has 0 radical (unpaired) electrons. The van der Waals surface area contributed by atoms with Crippen molar-refractivity contribution in [1.82, 2.24) is 0 Å². The van der Waals surface area contributed by atoms with Gasteiger partial charge in [0, 0.05) is 12.3 Å². The third kappa shape index (κ3) is 26.0. The van der Waals surface area contributed by atoms with Gasteiger partial charge < -0.3 is 49.3 Å². The number of esters is 2. The predicted octanol–water partition coefficient (Wildman–Crippen LogP) is 2.51. The number of carbonyl (C=O) groups excluding carboxylic acids is 2. The molecule has 0 aliphatic heterocycles. The van der Waals surface area contributed by atoms with Crippen LogP contribution < -0.4 is 0 Å². The summed E-state index contributed by atoms with van der Waals surface area (Å²) in [6.07, 6.45) is -2.90. The van der Waals surface area contributed by atoms with E-state index in [1.807, 2.05) is 5.92 Å². The standard InChI is InChI=1S/C37H53O19P3/c1-3-5-7-9-11-13-14-15-16-18-20-22-24-26-31(39)53-29(27-51-30(38)25-23-21-19-17-12-10-8-6-4-2)28-52-59(49,50)56-35-32(40)33(41)36(54-57(43,44)45)37(34(35)42)55-58(46,47)48/h29,32-37,40-42H,3,5,7,9,11,13-16,18,20,22,24,26-28H2,1-2H3,(H,49,50)(H2,43,44,45)(H2,46,47,48)/t29-,32+,33-,34?,35?,36?,37+/m0/s1. The molecule has 0 bridgehead atoms. The molecule has 0 aromatic heterocycles. The Kier molecular flexibility index (Phi) is 26.8. The predicted molar refractivity (Wildman–Crippen MR) is 208 cm³/mol. The first-order chi connectivity index (χ1) is 27.8. The monoisotopic (exact) mass is 894 g/mol. The molecule has 1 fully saturated rings. The summed E-state index contributed by atoms with van der Waals surface area (Å²) in [5, 5.41) is 31.6. The molecular weight excluding hydrogens is 841 g/mol. The molecule has 59 heavy (non-hydrogen) atoms. The van der Waals surface area contributed by atoms with Gasteiger partial charge in [-0.1, -0.05) is 89.9 Å². The Morgan fingerprint density at radius 3 is 1.51 bits per heavy atom. The van der Waals surface area contributed by atoms with Crippen molar-refractivity contribution in [3.63, 3.8) is 0 Å². The zero-order valence-electron chi connectivity index (χ0n) is 32.8. The SMILES string of the molecule is CC#CC#CC#CC#CC#CC(=O)OC[C@@H](COP(=O)(O)OC1C(O)[C@@H](OP(=O)(O)O)C(OP(=O)(O)O)[C@@H](O)[C@H]1O)OC(=O)CCCCCCCCCCCCCCC. The smallest absolute Gasteiger partial charge is 0.456 e. The Morgan fingerprint density at radius 1 is 0.576 bits per heavy atom. The number of hydrogen-bond donors (Lipinski definition) is 8. The minimum absolute atomic E-state index is 0.0710. The molecule has 1 aliphatic rings. The molecule has 0 aromatic rings. The second kappa shape index (κ2) is 29.2. The van der Waals surface area contributed by atoms with Crippen LogP contribution in [-0.2, 0) is 50.9 Å². The van der Waals surface area contributed by atoms with Crippen molar-refractivity contribution in [3.8, 4) is 59.2 Å².